The van der Waals surface area contributed by atoms with Crippen LogP contribution in [0.5, 0.6) is 0 Å². The minimum atomic E-state index is -0.528. The van der Waals surface area contributed by atoms with E-state index in [9.17, 15) is 4.79 Å². The Morgan fingerprint density at radius 1 is 0.808 bits per heavy atom. The van der Waals surface area contributed by atoms with Gasteiger partial charge in [0.25, 0.3) is 0 Å². The Balaban J connectivity index is 1.81. The molecule has 3 aromatic carbocycles. The quantitative estimate of drug-likeness (QED) is 0.244. The van der Waals surface area contributed by atoms with Gasteiger partial charge >= 0.3 is 5.97 Å². The average molecular weight is 406 g/mol. The van der Waals surface area contributed by atoms with Crippen molar-refractivity contribution in [2.45, 2.75) is 0 Å². The minimum Gasteiger partial charge on any atom is -0.313 e. The molecule has 0 aliphatic heterocycles. The molecule has 0 saturated heterocycles. The molecule has 0 unspecified atom stereocenters. The van der Waals surface area contributed by atoms with E-state index < -0.39 is 5.97 Å². The van der Waals surface area contributed by atoms with Crippen LogP contribution in [-0.2, 0) is 9.63 Å². The van der Waals surface area contributed by atoms with E-state index in [0.717, 1.165) is 21.2 Å². The van der Waals surface area contributed by atoms with Gasteiger partial charge in [0.1, 0.15) is 5.71 Å². The van der Waals surface area contributed by atoms with Crippen LogP contribution in [0.3, 0.4) is 0 Å². The fourth-order valence-corrected chi connectivity index (χ4v) is 2.59. The minimum absolute atomic E-state index is 0.528. The summed E-state index contributed by atoms with van der Waals surface area (Å²) in [4.78, 5) is 17.1. The van der Waals surface area contributed by atoms with Crippen molar-refractivity contribution in [2.24, 2.45) is 5.16 Å². The summed E-state index contributed by atoms with van der Waals surface area (Å²) in [5.74, 6) is -0.528. The van der Waals surface area contributed by atoms with E-state index in [0.29, 0.717) is 5.71 Å². The van der Waals surface area contributed by atoms with Crippen LogP contribution in [0.2, 0.25) is 0 Å². The van der Waals surface area contributed by atoms with Gasteiger partial charge in [0.05, 0.1) is 0 Å². The Labute approximate surface area is 160 Å². The van der Waals surface area contributed by atoms with Gasteiger partial charge in [-0.15, -0.1) is 0 Å². The van der Waals surface area contributed by atoms with Crippen LogP contribution in [0.15, 0.2) is 101 Å². The van der Waals surface area contributed by atoms with Crippen LogP contribution >= 0.6 is 15.9 Å². The zero-order valence-electron chi connectivity index (χ0n) is 13.9. The van der Waals surface area contributed by atoms with E-state index >= 15 is 0 Å². The van der Waals surface area contributed by atoms with E-state index in [1.807, 2.05) is 84.9 Å². The van der Waals surface area contributed by atoms with Crippen LogP contribution in [-0.4, -0.2) is 11.7 Å². The van der Waals surface area contributed by atoms with Crippen LogP contribution < -0.4 is 0 Å². The number of hydrogen-bond acceptors (Lipinski definition) is 3. The molecule has 3 aromatic rings. The molecule has 4 heteroatoms. The topological polar surface area (TPSA) is 38.7 Å². The first kappa shape index (κ1) is 17.8. The molecule has 0 aliphatic carbocycles. The third-order valence-corrected chi connectivity index (χ3v) is 4.13. The highest BCUT2D eigenvalue weighted by Gasteiger charge is 2.09. The maximum Gasteiger partial charge on any atom is 0.358 e. The molecular weight excluding hydrogens is 390 g/mol. The van der Waals surface area contributed by atoms with Gasteiger partial charge in [0.2, 0.25) is 0 Å². The molecule has 3 nitrogen and oxygen atoms in total. The van der Waals surface area contributed by atoms with Gasteiger partial charge in [0, 0.05) is 21.7 Å². The second-order valence-corrected chi connectivity index (χ2v) is 6.38. The van der Waals surface area contributed by atoms with Crippen LogP contribution in [0.1, 0.15) is 16.7 Å². The summed E-state index contributed by atoms with van der Waals surface area (Å²) in [6, 6.07) is 26.8. The van der Waals surface area contributed by atoms with Gasteiger partial charge in [-0.2, -0.15) is 0 Å². The number of nitrogens with zero attached hydrogens (tertiary/aromatic N) is 1. The third kappa shape index (κ3) is 5.01. The maximum atomic E-state index is 12.0. The molecule has 0 heterocycles. The molecule has 0 amide bonds. The van der Waals surface area contributed by atoms with Crippen LogP contribution in [0, 0.1) is 0 Å². The largest absolute Gasteiger partial charge is 0.358 e. The molecular formula is C22H16BrNO2. The monoisotopic (exact) mass is 405 g/mol. The summed E-state index contributed by atoms with van der Waals surface area (Å²) in [7, 11) is 0. The normalized spacial score (nSPS) is 11.5. The van der Waals surface area contributed by atoms with Crippen molar-refractivity contribution in [2.75, 3.05) is 0 Å². The molecule has 0 saturated carbocycles. The summed E-state index contributed by atoms with van der Waals surface area (Å²) < 4.78 is 0.969. The number of oxime groups is 1. The molecule has 0 atom stereocenters. The zero-order valence-corrected chi connectivity index (χ0v) is 15.5. The second-order valence-electron chi connectivity index (χ2n) is 5.47. The number of rotatable bonds is 5. The van der Waals surface area contributed by atoms with Crippen molar-refractivity contribution in [1.82, 2.24) is 0 Å². The Morgan fingerprint density at radius 3 is 2.04 bits per heavy atom. The SMILES string of the molecule is O=C(/C=C\c1ccccc1)O/N=C(/c1ccccc1)c1ccc(Br)cc1. The highest BCUT2D eigenvalue weighted by atomic mass is 79.9. The summed E-state index contributed by atoms with van der Waals surface area (Å²) in [5.41, 5.74) is 3.25. The van der Waals surface area contributed by atoms with Gasteiger partial charge in [-0.3, -0.25) is 0 Å². The standard InChI is InChI=1S/C22H16BrNO2/c23-20-14-12-19(13-15-20)22(18-9-5-2-6-10-18)24-26-21(25)16-11-17-7-3-1-4-8-17/h1-16H/b16-11-,24-22-. The van der Waals surface area contributed by atoms with E-state index in [-0.39, 0.29) is 0 Å². The number of benzene rings is 3. The summed E-state index contributed by atoms with van der Waals surface area (Å²) in [6.07, 6.45) is 3.06. The van der Waals surface area contributed by atoms with Crippen LogP contribution in [0.4, 0.5) is 0 Å². The molecule has 26 heavy (non-hydrogen) atoms. The van der Waals surface area contributed by atoms with Gasteiger partial charge in [-0.05, 0) is 23.8 Å². The summed E-state index contributed by atoms with van der Waals surface area (Å²) in [5, 5.41) is 4.11. The number of halogens is 1. The maximum absolute atomic E-state index is 12.0. The van der Waals surface area contributed by atoms with Gasteiger partial charge in [-0.1, -0.05) is 93.9 Å². The van der Waals surface area contributed by atoms with Crippen molar-refractivity contribution in [3.05, 3.63) is 112 Å². The Kier molecular flexibility index (Phi) is 6.12. The summed E-state index contributed by atoms with van der Waals surface area (Å²) in [6.45, 7) is 0. The molecule has 0 fully saturated rings. The number of carbonyl (C=O) groups excluding carboxylic acids is 1. The first-order valence-corrected chi connectivity index (χ1v) is 8.85. The third-order valence-electron chi connectivity index (χ3n) is 3.60. The second kappa shape index (κ2) is 8.92. The molecule has 128 valence electrons. The first-order chi connectivity index (χ1) is 12.7. The molecule has 0 bridgehead atoms. The lowest BCUT2D eigenvalue weighted by molar-refractivity contribution is -0.137. The molecule has 0 radical (unpaired) electrons. The lowest BCUT2D eigenvalue weighted by atomic mass is 10.0. The number of carbonyl (C=O) groups is 1. The van der Waals surface area contributed by atoms with Crippen LogP contribution in [0.25, 0.3) is 6.08 Å². The van der Waals surface area contributed by atoms with Crippen molar-refractivity contribution in [1.29, 1.82) is 0 Å². The molecule has 0 spiro atoms. The Morgan fingerprint density at radius 2 is 1.38 bits per heavy atom. The fourth-order valence-electron chi connectivity index (χ4n) is 2.33. The molecule has 0 N–H and O–H groups in total. The lowest BCUT2D eigenvalue weighted by Crippen LogP contribution is -2.06. The van der Waals surface area contributed by atoms with E-state index in [4.69, 9.17) is 4.84 Å². The average Bonchev–Trinajstić information content (AvgIpc) is 2.69. The molecule has 3 rings (SSSR count). The molecule has 0 aromatic heterocycles. The van der Waals surface area contributed by atoms with Crippen molar-refractivity contribution < 1.29 is 9.63 Å². The van der Waals surface area contributed by atoms with E-state index in [1.54, 1.807) is 6.08 Å². The highest BCUT2D eigenvalue weighted by molar-refractivity contribution is 9.10. The van der Waals surface area contributed by atoms with Gasteiger partial charge < -0.3 is 4.84 Å². The fraction of sp³-hybridized carbons (Fsp3) is 0. The van der Waals surface area contributed by atoms with Crippen molar-refractivity contribution in [3.63, 3.8) is 0 Å². The van der Waals surface area contributed by atoms with E-state index in [1.165, 1.54) is 6.08 Å². The Bertz CT molecular complexity index is 917. The summed E-state index contributed by atoms with van der Waals surface area (Å²) >= 11 is 3.42. The lowest BCUT2D eigenvalue weighted by Gasteiger charge is -2.06. The number of hydrogen-bond donors (Lipinski definition) is 0. The predicted molar refractivity (Wildman–Crippen MR) is 108 cm³/mol. The highest BCUT2D eigenvalue weighted by Crippen LogP contribution is 2.15. The Hall–Kier alpha value is -2.98. The zero-order chi connectivity index (χ0) is 18.2. The van der Waals surface area contributed by atoms with Crippen molar-refractivity contribution >= 4 is 33.7 Å². The van der Waals surface area contributed by atoms with Gasteiger partial charge in [0.15, 0.2) is 0 Å². The van der Waals surface area contributed by atoms with Crippen molar-refractivity contribution in [3.8, 4) is 0 Å². The molecule has 0 aliphatic rings. The van der Waals surface area contributed by atoms with E-state index in [2.05, 4.69) is 21.1 Å². The predicted octanol–water partition coefficient (Wildman–Crippen LogP) is 5.46. The smallest absolute Gasteiger partial charge is 0.313 e. The first-order valence-electron chi connectivity index (χ1n) is 8.06. The van der Waals surface area contributed by atoms with Gasteiger partial charge in [-0.25, -0.2) is 4.79 Å².